The van der Waals surface area contributed by atoms with Gasteiger partial charge in [0.1, 0.15) is 5.69 Å². The SMILES string of the molecule is Cc1ccc(-c2cc(C(=O)N3CCN(c4cccc(Cl)c4)CC3)on2)cc1. The van der Waals surface area contributed by atoms with Crippen molar-refractivity contribution in [2.45, 2.75) is 6.92 Å². The van der Waals surface area contributed by atoms with E-state index in [1.807, 2.05) is 55.5 Å². The molecule has 0 bridgehead atoms. The van der Waals surface area contributed by atoms with Gasteiger partial charge in [-0.2, -0.15) is 0 Å². The average molecular weight is 382 g/mol. The summed E-state index contributed by atoms with van der Waals surface area (Å²) in [7, 11) is 0. The van der Waals surface area contributed by atoms with Gasteiger partial charge in [-0.05, 0) is 25.1 Å². The molecular formula is C21H20ClN3O2. The maximum absolute atomic E-state index is 12.7. The highest BCUT2D eigenvalue weighted by Crippen LogP contribution is 2.23. The van der Waals surface area contributed by atoms with Gasteiger partial charge in [-0.1, -0.05) is 52.7 Å². The zero-order valence-electron chi connectivity index (χ0n) is 15.1. The van der Waals surface area contributed by atoms with E-state index >= 15 is 0 Å². The van der Waals surface area contributed by atoms with Crippen LogP contribution in [0.2, 0.25) is 5.02 Å². The molecule has 2 heterocycles. The minimum absolute atomic E-state index is 0.119. The first kappa shape index (κ1) is 17.6. The molecule has 0 radical (unpaired) electrons. The molecule has 0 N–H and O–H groups in total. The Labute approximate surface area is 163 Å². The first-order chi connectivity index (χ1) is 13.1. The topological polar surface area (TPSA) is 49.6 Å². The minimum atomic E-state index is -0.119. The van der Waals surface area contributed by atoms with Crippen LogP contribution in [-0.2, 0) is 0 Å². The lowest BCUT2D eigenvalue weighted by atomic mass is 10.1. The van der Waals surface area contributed by atoms with Gasteiger partial charge in [0.25, 0.3) is 5.91 Å². The first-order valence-corrected chi connectivity index (χ1v) is 9.31. The number of aromatic nitrogens is 1. The number of rotatable bonds is 3. The third kappa shape index (κ3) is 3.83. The highest BCUT2D eigenvalue weighted by Gasteiger charge is 2.25. The van der Waals surface area contributed by atoms with Gasteiger partial charge < -0.3 is 14.3 Å². The molecule has 1 saturated heterocycles. The molecule has 1 aromatic heterocycles. The second-order valence-electron chi connectivity index (χ2n) is 6.70. The number of carbonyl (C=O) groups is 1. The summed E-state index contributed by atoms with van der Waals surface area (Å²) in [5.74, 6) is 0.161. The quantitative estimate of drug-likeness (QED) is 0.680. The van der Waals surface area contributed by atoms with Gasteiger partial charge in [0, 0.05) is 48.5 Å². The van der Waals surface area contributed by atoms with E-state index in [0.717, 1.165) is 29.4 Å². The lowest BCUT2D eigenvalue weighted by Gasteiger charge is -2.35. The smallest absolute Gasteiger partial charge is 0.292 e. The summed E-state index contributed by atoms with van der Waals surface area (Å²) < 4.78 is 5.32. The fourth-order valence-electron chi connectivity index (χ4n) is 3.23. The predicted octanol–water partition coefficient (Wildman–Crippen LogP) is 4.27. The Morgan fingerprint density at radius 3 is 2.48 bits per heavy atom. The second kappa shape index (κ2) is 7.45. The Morgan fingerprint density at radius 2 is 1.78 bits per heavy atom. The normalized spacial score (nSPS) is 14.4. The van der Waals surface area contributed by atoms with Crippen molar-refractivity contribution >= 4 is 23.2 Å². The molecule has 0 saturated carbocycles. The van der Waals surface area contributed by atoms with E-state index in [1.165, 1.54) is 5.56 Å². The van der Waals surface area contributed by atoms with Crippen molar-refractivity contribution in [3.63, 3.8) is 0 Å². The van der Waals surface area contributed by atoms with Crippen LogP contribution in [-0.4, -0.2) is 42.1 Å². The van der Waals surface area contributed by atoms with Crippen LogP contribution in [0.25, 0.3) is 11.3 Å². The molecule has 0 aliphatic carbocycles. The van der Waals surface area contributed by atoms with Gasteiger partial charge in [0.15, 0.2) is 0 Å². The summed E-state index contributed by atoms with van der Waals surface area (Å²) in [4.78, 5) is 16.8. The van der Waals surface area contributed by atoms with Crippen LogP contribution in [0.1, 0.15) is 16.1 Å². The predicted molar refractivity (Wildman–Crippen MR) is 106 cm³/mol. The standard InChI is InChI=1S/C21H20ClN3O2/c1-15-5-7-16(8-6-15)19-14-20(27-23-19)21(26)25-11-9-24(10-12-25)18-4-2-3-17(22)13-18/h2-8,13-14H,9-12H2,1H3. The van der Waals surface area contributed by atoms with E-state index in [4.69, 9.17) is 16.1 Å². The Kier molecular flexibility index (Phi) is 4.86. The molecule has 1 aliphatic heterocycles. The highest BCUT2D eigenvalue weighted by molar-refractivity contribution is 6.30. The Hall–Kier alpha value is -2.79. The van der Waals surface area contributed by atoms with E-state index in [-0.39, 0.29) is 11.7 Å². The van der Waals surface area contributed by atoms with Gasteiger partial charge >= 0.3 is 0 Å². The van der Waals surface area contributed by atoms with Crippen molar-refractivity contribution in [3.8, 4) is 11.3 Å². The van der Waals surface area contributed by atoms with Crippen molar-refractivity contribution in [3.05, 3.63) is 70.9 Å². The highest BCUT2D eigenvalue weighted by atomic mass is 35.5. The Morgan fingerprint density at radius 1 is 1.04 bits per heavy atom. The maximum Gasteiger partial charge on any atom is 0.292 e. The summed E-state index contributed by atoms with van der Waals surface area (Å²) in [6, 6.07) is 17.5. The fourth-order valence-corrected chi connectivity index (χ4v) is 3.42. The van der Waals surface area contributed by atoms with Crippen LogP contribution in [0.3, 0.4) is 0 Å². The van der Waals surface area contributed by atoms with Crippen molar-refractivity contribution < 1.29 is 9.32 Å². The monoisotopic (exact) mass is 381 g/mol. The molecule has 6 heteroatoms. The Bertz CT molecular complexity index is 944. The van der Waals surface area contributed by atoms with Gasteiger partial charge in [0.2, 0.25) is 5.76 Å². The van der Waals surface area contributed by atoms with Crippen LogP contribution in [0.5, 0.6) is 0 Å². The van der Waals surface area contributed by atoms with Crippen LogP contribution in [0.15, 0.2) is 59.1 Å². The fraction of sp³-hybridized carbons (Fsp3) is 0.238. The lowest BCUT2D eigenvalue weighted by Crippen LogP contribution is -2.48. The number of nitrogens with zero attached hydrogens (tertiary/aromatic N) is 3. The minimum Gasteiger partial charge on any atom is -0.368 e. The van der Waals surface area contributed by atoms with Gasteiger partial charge in [-0.25, -0.2) is 0 Å². The van der Waals surface area contributed by atoms with Crippen LogP contribution < -0.4 is 4.90 Å². The summed E-state index contributed by atoms with van der Waals surface area (Å²) in [5, 5.41) is 4.78. The molecule has 1 amide bonds. The number of amides is 1. The number of hydrogen-bond acceptors (Lipinski definition) is 4. The molecule has 0 atom stereocenters. The van der Waals surface area contributed by atoms with E-state index in [9.17, 15) is 4.79 Å². The van der Waals surface area contributed by atoms with Crippen molar-refractivity contribution in [2.24, 2.45) is 0 Å². The number of halogens is 1. The van der Waals surface area contributed by atoms with E-state index in [0.29, 0.717) is 18.8 Å². The van der Waals surface area contributed by atoms with E-state index in [1.54, 1.807) is 11.0 Å². The van der Waals surface area contributed by atoms with Gasteiger partial charge in [-0.15, -0.1) is 0 Å². The van der Waals surface area contributed by atoms with Gasteiger partial charge in [-0.3, -0.25) is 4.79 Å². The summed E-state index contributed by atoms with van der Waals surface area (Å²) >= 11 is 6.07. The van der Waals surface area contributed by atoms with E-state index < -0.39 is 0 Å². The van der Waals surface area contributed by atoms with E-state index in [2.05, 4.69) is 10.1 Å². The molecule has 2 aromatic carbocycles. The summed E-state index contributed by atoms with van der Waals surface area (Å²) in [6.45, 7) is 4.80. The molecule has 4 rings (SSSR count). The number of aryl methyl sites for hydroxylation is 1. The van der Waals surface area contributed by atoms with Crippen LogP contribution in [0, 0.1) is 6.92 Å². The lowest BCUT2D eigenvalue weighted by molar-refractivity contribution is 0.0705. The number of piperazine rings is 1. The molecule has 27 heavy (non-hydrogen) atoms. The third-order valence-electron chi connectivity index (χ3n) is 4.81. The van der Waals surface area contributed by atoms with Crippen molar-refractivity contribution in [2.75, 3.05) is 31.1 Å². The van der Waals surface area contributed by atoms with Crippen molar-refractivity contribution in [1.29, 1.82) is 0 Å². The number of hydrogen-bond donors (Lipinski definition) is 0. The zero-order chi connectivity index (χ0) is 18.8. The molecule has 0 spiro atoms. The van der Waals surface area contributed by atoms with Crippen LogP contribution >= 0.6 is 11.6 Å². The number of benzene rings is 2. The maximum atomic E-state index is 12.7. The molecule has 1 aliphatic rings. The molecule has 138 valence electrons. The molecule has 3 aromatic rings. The zero-order valence-corrected chi connectivity index (χ0v) is 15.8. The average Bonchev–Trinajstić information content (AvgIpc) is 3.18. The molecule has 1 fully saturated rings. The van der Waals surface area contributed by atoms with Crippen LogP contribution in [0.4, 0.5) is 5.69 Å². The first-order valence-electron chi connectivity index (χ1n) is 8.94. The third-order valence-corrected chi connectivity index (χ3v) is 5.04. The second-order valence-corrected chi connectivity index (χ2v) is 7.14. The number of anilines is 1. The van der Waals surface area contributed by atoms with Gasteiger partial charge in [0.05, 0.1) is 0 Å². The Balaban J connectivity index is 1.42. The molecule has 0 unspecified atom stereocenters. The summed E-state index contributed by atoms with van der Waals surface area (Å²) in [5.41, 5.74) is 3.87. The molecule has 5 nitrogen and oxygen atoms in total. The molecular weight excluding hydrogens is 362 g/mol. The summed E-state index contributed by atoms with van der Waals surface area (Å²) in [6.07, 6.45) is 0. The largest absolute Gasteiger partial charge is 0.368 e. The van der Waals surface area contributed by atoms with Crippen molar-refractivity contribution in [1.82, 2.24) is 10.1 Å². The number of carbonyl (C=O) groups excluding carboxylic acids is 1.